The molecular formula is C11H18N2O5S. The van der Waals surface area contributed by atoms with Gasteiger partial charge in [0.05, 0.1) is 5.56 Å². The summed E-state index contributed by atoms with van der Waals surface area (Å²) >= 11 is 0. The predicted octanol–water partition coefficient (Wildman–Crippen LogP) is -0.269. The van der Waals surface area contributed by atoms with Crippen LogP contribution in [0, 0.1) is 0 Å². The van der Waals surface area contributed by atoms with E-state index in [2.05, 4.69) is 4.98 Å². The fraction of sp³-hybridized carbons (Fsp3) is 0.636. The van der Waals surface area contributed by atoms with Crippen LogP contribution in [-0.4, -0.2) is 31.0 Å². The summed E-state index contributed by atoms with van der Waals surface area (Å²) in [6, 6.07) is 0. The van der Waals surface area contributed by atoms with Crippen LogP contribution in [0.3, 0.4) is 0 Å². The van der Waals surface area contributed by atoms with Crippen LogP contribution >= 0.6 is 0 Å². The van der Waals surface area contributed by atoms with Crippen molar-refractivity contribution in [2.24, 2.45) is 0 Å². The molecule has 0 amide bonds. The molecule has 0 aliphatic rings. The van der Waals surface area contributed by atoms with Gasteiger partial charge in [0, 0.05) is 6.26 Å². The number of aromatic nitrogens is 2. The van der Waals surface area contributed by atoms with Gasteiger partial charge in [0.15, 0.2) is 14.9 Å². The van der Waals surface area contributed by atoms with Gasteiger partial charge in [-0.05, 0) is 12.8 Å². The van der Waals surface area contributed by atoms with E-state index in [0.717, 1.165) is 12.7 Å². The van der Waals surface area contributed by atoms with Crippen molar-refractivity contribution in [1.29, 1.82) is 0 Å². The van der Waals surface area contributed by atoms with E-state index in [1.165, 1.54) is 0 Å². The topological polar surface area (TPSA) is 98.2 Å². The molecule has 0 atom stereocenters. The van der Waals surface area contributed by atoms with Gasteiger partial charge in [0.2, 0.25) is 0 Å². The van der Waals surface area contributed by atoms with Crippen molar-refractivity contribution in [3.63, 3.8) is 0 Å². The molecule has 0 unspecified atom stereocenters. The number of nitrogens with zero attached hydrogens (tertiary/aromatic N) is 1. The molecule has 1 rings (SSSR count). The molecule has 0 aliphatic heterocycles. The minimum Gasteiger partial charge on any atom is -0.408 e. The monoisotopic (exact) mass is 290 g/mol. The van der Waals surface area contributed by atoms with Gasteiger partial charge >= 0.3 is 5.69 Å². The number of rotatable bonds is 6. The molecule has 108 valence electrons. The molecule has 1 N–H and O–H groups in total. The molecule has 0 fully saturated rings. The molecule has 0 spiro atoms. The van der Waals surface area contributed by atoms with Crippen molar-refractivity contribution >= 4 is 9.84 Å². The Kier molecular flexibility index (Phi) is 4.93. The van der Waals surface area contributed by atoms with E-state index in [0.29, 0.717) is 11.2 Å². The molecule has 0 aliphatic carbocycles. The number of unbranched alkanes of at least 4 members (excludes halogenated alkanes) is 1. The number of sulfone groups is 1. The van der Waals surface area contributed by atoms with Gasteiger partial charge in [0.25, 0.3) is 5.56 Å². The molecule has 0 saturated heterocycles. The highest BCUT2D eigenvalue weighted by molar-refractivity contribution is 7.90. The Morgan fingerprint density at radius 2 is 1.89 bits per heavy atom. The van der Waals surface area contributed by atoms with Gasteiger partial charge in [-0.3, -0.25) is 9.78 Å². The largest absolute Gasteiger partial charge is 0.408 e. The zero-order chi connectivity index (χ0) is 14.6. The second-order valence-electron chi connectivity index (χ2n) is 4.15. The van der Waals surface area contributed by atoms with E-state index in [4.69, 9.17) is 4.84 Å². The van der Waals surface area contributed by atoms with Crippen LogP contribution in [0.25, 0.3) is 0 Å². The van der Waals surface area contributed by atoms with Crippen molar-refractivity contribution in [3.05, 3.63) is 26.4 Å². The Balaban J connectivity index is 3.52. The van der Waals surface area contributed by atoms with Crippen LogP contribution in [0.4, 0.5) is 0 Å². The maximum absolute atomic E-state index is 11.8. The quantitative estimate of drug-likeness (QED) is 0.574. The molecule has 1 heterocycles. The van der Waals surface area contributed by atoms with Gasteiger partial charge in [-0.25, -0.2) is 13.2 Å². The predicted molar refractivity (Wildman–Crippen MR) is 70.2 cm³/mol. The van der Waals surface area contributed by atoms with Crippen molar-refractivity contribution < 1.29 is 13.3 Å². The highest BCUT2D eigenvalue weighted by Gasteiger charge is 2.23. The lowest BCUT2D eigenvalue weighted by Crippen LogP contribution is -2.40. The lowest BCUT2D eigenvalue weighted by atomic mass is 10.3. The first-order chi connectivity index (χ1) is 8.82. The van der Waals surface area contributed by atoms with Crippen LogP contribution in [0.15, 0.2) is 14.6 Å². The zero-order valence-electron chi connectivity index (χ0n) is 11.2. The standard InChI is InChI=1S/C11H18N2O5S/c1-4-6-7-18-13-10(19(3,16)17)8(5-2)9(14)12-11(13)15/h4-7H2,1-3H3,(H,12,14,15). The Morgan fingerprint density at radius 3 is 2.37 bits per heavy atom. The highest BCUT2D eigenvalue weighted by Crippen LogP contribution is 2.09. The number of H-pyrrole nitrogens is 1. The fourth-order valence-corrected chi connectivity index (χ4v) is 2.76. The summed E-state index contributed by atoms with van der Waals surface area (Å²) < 4.78 is 24.2. The van der Waals surface area contributed by atoms with Crippen molar-refractivity contribution in [2.75, 3.05) is 12.9 Å². The summed E-state index contributed by atoms with van der Waals surface area (Å²) in [5.41, 5.74) is -1.54. The summed E-state index contributed by atoms with van der Waals surface area (Å²) in [6.07, 6.45) is 2.65. The van der Waals surface area contributed by atoms with E-state index in [-0.39, 0.29) is 23.6 Å². The summed E-state index contributed by atoms with van der Waals surface area (Å²) in [4.78, 5) is 30.6. The van der Waals surface area contributed by atoms with Gasteiger partial charge in [0.1, 0.15) is 6.61 Å². The molecule has 0 aromatic carbocycles. The van der Waals surface area contributed by atoms with Crippen LogP contribution in [0.5, 0.6) is 0 Å². The van der Waals surface area contributed by atoms with Crippen molar-refractivity contribution in [3.8, 4) is 0 Å². The van der Waals surface area contributed by atoms with Crippen LogP contribution in [0.2, 0.25) is 0 Å². The normalized spacial score (nSPS) is 11.5. The second-order valence-corrected chi connectivity index (χ2v) is 6.08. The number of hydrogen-bond acceptors (Lipinski definition) is 5. The molecule has 19 heavy (non-hydrogen) atoms. The van der Waals surface area contributed by atoms with Gasteiger partial charge < -0.3 is 4.84 Å². The van der Waals surface area contributed by atoms with E-state index in [1.807, 2.05) is 6.92 Å². The molecule has 0 radical (unpaired) electrons. The fourth-order valence-electron chi connectivity index (χ4n) is 1.64. The van der Waals surface area contributed by atoms with E-state index in [1.54, 1.807) is 6.92 Å². The third-order valence-electron chi connectivity index (χ3n) is 2.54. The first-order valence-corrected chi connectivity index (χ1v) is 7.93. The molecule has 0 saturated carbocycles. The molecule has 0 bridgehead atoms. The van der Waals surface area contributed by atoms with Gasteiger partial charge in [-0.15, -0.1) is 4.73 Å². The summed E-state index contributed by atoms with van der Waals surface area (Å²) in [5.74, 6) is 0. The lowest BCUT2D eigenvalue weighted by molar-refractivity contribution is 0.0752. The average molecular weight is 290 g/mol. The average Bonchev–Trinajstić information content (AvgIpc) is 2.30. The van der Waals surface area contributed by atoms with E-state index in [9.17, 15) is 18.0 Å². The Hall–Kier alpha value is -1.57. The molecule has 1 aromatic rings. The summed E-state index contributed by atoms with van der Waals surface area (Å²) in [6.45, 7) is 3.78. The molecule has 1 aromatic heterocycles. The molecule has 7 nitrogen and oxygen atoms in total. The van der Waals surface area contributed by atoms with Gasteiger partial charge in [-0.1, -0.05) is 20.3 Å². The third-order valence-corrected chi connectivity index (χ3v) is 3.66. The smallest absolute Gasteiger partial charge is 0.362 e. The van der Waals surface area contributed by atoms with E-state index < -0.39 is 21.1 Å². The minimum absolute atomic E-state index is 0.0265. The van der Waals surface area contributed by atoms with Crippen LogP contribution in [-0.2, 0) is 16.3 Å². The Labute approximate surface area is 111 Å². The minimum atomic E-state index is -3.74. The maximum atomic E-state index is 11.8. The summed E-state index contributed by atoms with van der Waals surface area (Å²) in [7, 11) is -3.74. The highest BCUT2D eigenvalue weighted by atomic mass is 32.2. The number of hydrogen-bond donors (Lipinski definition) is 1. The summed E-state index contributed by atoms with van der Waals surface area (Å²) in [5, 5.41) is -0.361. The lowest BCUT2D eigenvalue weighted by Gasteiger charge is -2.14. The Bertz CT molecular complexity index is 657. The zero-order valence-corrected chi connectivity index (χ0v) is 12.0. The SMILES string of the molecule is CCCCOn1c(S(C)(=O)=O)c(CC)c(=O)[nH]c1=O. The third kappa shape index (κ3) is 3.46. The van der Waals surface area contributed by atoms with Crippen LogP contribution in [0.1, 0.15) is 32.3 Å². The van der Waals surface area contributed by atoms with Crippen molar-refractivity contribution in [1.82, 2.24) is 9.71 Å². The van der Waals surface area contributed by atoms with Gasteiger partial charge in [-0.2, -0.15) is 0 Å². The second kappa shape index (κ2) is 6.05. The van der Waals surface area contributed by atoms with E-state index >= 15 is 0 Å². The maximum Gasteiger partial charge on any atom is 0.362 e. The van der Waals surface area contributed by atoms with Crippen molar-refractivity contribution in [2.45, 2.75) is 38.1 Å². The first kappa shape index (κ1) is 15.5. The van der Waals surface area contributed by atoms with Crippen LogP contribution < -0.4 is 16.1 Å². The number of aromatic amines is 1. The number of nitrogens with one attached hydrogen (secondary N) is 1. The molecular weight excluding hydrogens is 272 g/mol. The first-order valence-electron chi connectivity index (χ1n) is 6.04. The Morgan fingerprint density at radius 1 is 1.26 bits per heavy atom. The molecule has 8 heteroatoms.